The molecule has 4 aliphatic rings. The number of nitrogens with zero attached hydrogens (tertiary/aromatic N) is 4. The van der Waals surface area contributed by atoms with Crippen molar-refractivity contribution in [2.75, 3.05) is 29.9 Å². The van der Waals surface area contributed by atoms with E-state index in [0.717, 1.165) is 42.3 Å². The number of piperidine rings is 1. The van der Waals surface area contributed by atoms with E-state index >= 15 is 8.78 Å². The molecule has 2 aromatic heterocycles. The second-order valence-electron chi connectivity index (χ2n) is 13.7. The SMILES string of the molecule is C[C@H]1Nc2ncnc3c2cc(C2CCS(=O)CC2)c(=O)n3CCCC/C=C/CN2CCC(CC2(C)C)C(F)(F)c2cccc1c2. The summed E-state index contributed by atoms with van der Waals surface area (Å²) in [6.07, 6.45) is 10.7. The third-order valence-electron chi connectivity index (χ3n) is 10.2. The van der Waals surface area contributed by atoms with Crippen molar-refractivity contribution < 1.29 is 13.0 Å². The van der Waals surface area contributed by atoms with E-state index in [1.54, 1.807) is 22.8 Å². The highest BCUT2D eigenvalue weighted by molar-refractivity contribution is 7.85. The zero-order valence-electron chi connectivity index (χ0n) is 26.6. The van der Waals surface area contributed by atoms with Gasteiger partial charge in [-0.3, -0.25) is 18.5 Å². The van der Waals surface area contributed by atoms with E-state index in [-0.39, 0.29) is 28.6 Å². The van der Waals surface area contributed by atoms with Crippen molar-refractivity contribution in [3.63, 3.8) is 0 Å². The molecule has 45 heavy (non-hydrogen) atoms. The summed E-state index contributed by atoms with van der Waals surface area (Å²) in [6.45, 7) is 8.02. The maximum absolute atomic E-state index is 16.2. The van der Waals surface area contributed by atoms with Gasteiger partial charge in [-0.2, -0.15) is 0 Å². The smallest absolute Gasteiger partial charge is 0.276 e. The van der Waals surface area contributed by atoms with Gasteiger partial charge in [0.25, 0.3) is 11.5 Å². The number of benzene rings is 1. The third-order valence-corrected chi connectivity index (χ3v) is 11.6. The number of fused-ring (bicyclic) bond motifs is 8. The molecular weight excluding hydrogens is 592 g/mol. The summed E-state index contributed by atoms with van der Waals surface area (Å²) in [5, 5.41) is 4.21. The molecule has 0 radical (unpaired) electrons. The number of hydrogen-bond acceptors (Lipinski definition) is 6. The summed E-state index contributed by atoms with van der Waals surface area (Å²) in [6, 6.07) is 8.37. The first-order valence-corrected chi connectivity index (χ1v) is 17.9. The maximum atomic E-state index is 16.2. The normalized spacial score (nSPS) is 29.5. The molecule has 10 heteroatoms. The van der Waals surface area contributed by atoms with Crippen LogP contribution in [0.25, 0.3) is 11.0 Å². The minimum Gasteiger partial charge on any atom is -0.363 e. The predicted octanol–water partition coefficient (Wildman–Crippen LogP) is 6.91. The summed E-state index contributed by atoms with van der Waals surface area (Å²) in [5.41, 5.74) is 1.71. The summed E-state index contributed by atoms with van der Waals surface area (Å²) >= 11 is 0. The fourth-order valence-corrected chi connectivity index (χ4v) is 8.71. The van der Waals surface area contributed by atoms with Crippen LogP contribution in [-0.4, -0.2) is 53.8 Å². The number of hydrogen-bond donors (Lipinski definition) is 1. The lowest BCUT2D eigenvalue weighted by molar-refractivity contribution is -0.107. The highest BCUT2D eigenvalue weighted by atomic mass is 32.2. The highest BCUT2D eigenvalue weighted by Gasteiger charge is 2.47. The zero-order chi connectivity index (χ0) is 31.8. The summed E-state index contributed by atoms with van der Waals surface area (Å²) < 4.78 is 46.2. The van der Waals surface area contributed by atoms with Gasteiger partial charge in [-0.25, -0.2) is 18.7 Å². The molecule has 242 valence electrons. The molecule has 2 fully saturated rings. The Labute approximate surface area is 267 Å². The van der Waals surface area contributed by atoms with Crippen molar-refractivity contribution in [2.24, 2.45) is 5.92 Å². The summed E-state index contributed by atoms with van der Waals surface area (Å²) in [7, 11) is -0.836. The largest absolute Gasteiger partial charge is 0.363 e. The van der Waals surface area contributed by atoms with Crippen molar-refractivity contribution in [1.82, 2.24) is 19.4 Å². The van der Waals surface area contributed by atoms with Gasteiger partial charge in [0.05, 0.1) is 5.39 Å². The zero-order valence-corrected chi connectivity index (χ0v) is 27.4. The molecule has 3 atom stereocenters. The maximum Gasteiger partial charge on any atom is 0.276 e. The molecule has 0 amide bonds. The average Bonchev–Trinajstić information content (AvgIpc) is 3.02. The second-order valence-corrected chi connectivity index (χ2v) is 15.4. The lowest BCUT2D eigenvalue weighted by Gasteiger charge is -2.47. The van der Waals surface area contributed by atoms with Crippen LogP contribution < -0.4 is 10.9 Å². The van der Waals surface area contributed by atoms with Gasteiger partial charge >= 0.3 is 0 Å². The minimum atomic E-state index is -2.95. The molecule has 1 aromatic carbocycles. The van der Waals surface area contributed by atoms with Gasteiger partial charge in [0, 0.05) is 64.0 Å². The standard InChI is InChI=1S/C35H45F2N5O2S/c1-24-26-10-9-11-27(20-26)35(36,37)28-12-17-41(34(2,3)22-28)15-7-5-4-6-8-16-42-32-30(31(40-24)38-23-39-32)21-29(33(42)43)25-13-18-45(44)19-14-25/h5,7,9-11,20-21,23-25,28H,4,6,8,12-19,22H2,1-3H3,(H,38,39,40)/b7-5+/t24-,25?,28?,45?/m1/s1. The van der Waals surface area contributed by atoms with Gasteiger partial charge in [-0.1, -0.05) is 30.4 Å². The Morgan fingerprint density at radius 1 is 1.02 bits per heavy atom. The van der Waals surface area contributed by atoms with Crippen molar-refractivity contribution in [3.05, 3.63) is 75.9 Å². The van der Waals surface area contributed by atoms with Crippen molar-refractivity contribution in [2.45, 2.75) is 95.7 Å². The van der Waals surface area contributed by atoms with Gasteiger partial charge < -0.3 is 5.32 Å². The molecule has 7 rings (SSSR count). The molecule has 0 saturated carbocycles. The molecule has 7 nitrogen and oxygen atoms in total. The Morgan fingerprint density at radius 2 is 1.82 bits per heavy atom. The Morgan fingerprint density at radius 3 is 2.60 bits per heavy atom. The van der Waals surface area contributed by atoms with E-state index in [9.17, 15) is 9.00 Å². The first kappa shape index (κ1) is 32.0. The first-order valence-electron chi connectivity index (χ1n) is 16.4. The van der Waals surface area contributed by atoms with Crippen LogP contribution in [0.4, 0.5) is 14.6 Å². The molecule has 1 N–H and O–H groups in total. The Kier molecular flexibility index (Phi) is 9.26. The molecule has 0 aliphatic carbocycles. The van der Waals surface area contributed by atoms with E-state index in [1.807, 2.05) is 19.1 Å². The average molecular weight is 638 g/mol. The van der Waals surface area contributed by atoms with Crippen LogP contribution in [0.15, 0.2) is 53.6 Å². The topological polar surface area (TPSA) is 80.1 Å². The van der Waals surface area contributed by atoms with Crippen LogP contribution in [0, 0.1) is 5.92 Å². The number of alkyl halides is 2. The molecule has 8 bridgehead atoms. The van der Waals surface area contributed by atoms with Crippen molar-refractivity contribution in [1.29, 1.82) is 0 Å². The Bertz CT molecular complexity index is 1640. The first-order chi connectivity index (χ1) is 21.5. The van der Waals surface area contributed by atoms with Crippen LogP contribution in [0.3, 0.4) is 0 Å². The van der Waals surface area contributed by atoms with E-state index in [0.29, 0.717) is 61.7 Å². The number of anilines is 1. The monoisotopic (exact) mass is 637 g/mol. The van der Waals surface area contributed by atoms with E-state index in [2.05, 4.69) is 46.2 Å². The van der Waals surface area contributed by atoms with Crippen molar-refractivity contribution in [3.8, 4) is 0 Å². The molecule has 3 aromatic rings. The van der Waals surface area contributed by atoms with Gasteiger partial charge in [0.15, 0.2) is 0 Å². The summed E-state index contributed by atoms with van der Waals surface area (Å²) in [4.78, 5) is 25.4. The molecule has 2 saturated heterocycles. The van der Waals surface area contributed by atoms with Gasteiger partial charge in [-0.15, -0.1) is 0 Å². The molecule has 0 spiro atoms. The lowest BCUT2D eigenvalue weighted by Crippen LogP contribution is -2.52. The minimum absolute atomic E-state index is 0.0299. The number of aromatic nitrogens is 3. The fraction of sp³-hybridized carbons (Fsp3) is 0.571. The number of aryl methyl sites for hydroxylation is 1. The second kappa shape index (κ2) is 13.0. The number of halogens is 2. The molecule has 4 aliphatic heterocycles. The van der Waals surface area contributed by atoms with Crippen LogP contribution in [0.2, 0.25) is 0 Å². The van der Waals surface area contributed by atoms with Crippen LogP contribution in [0.1, 0.15) is 94.4 Å². The van der Waals surface area contributed by atoms with E-state index < -0.39 is 22.6 Å². The molecule has 6 heterocycles. The number of rotatable bonds is 1. The van der Waals surface area contributed by atoms with Crippen LogP contribution in [0.5, 0.6) is 0 Å². The molecule has 2 unspecified atom stereocenters. The number of pyridine rings is 1. The fourth-order valence-electron chi connectivity index (χ4n) is 7.41. The number of allylic oxidation sites excluding steroid dienone is 1. The van der Waals surface area contributed by atoms with Crippen LogP contribution in [-0.2, 0) is 23.3 Å². The van der Waals surface area contributed by atoms with Gasteiger partial charge in [0.1, 0.15) is 17.8 Å². The molecular formula is C35H45F2N5O2S. The Balaban J connectivity index is 1.41. The predicted molar refractivity (Wildman–Crippen MR) is 177 cm³/mol. The third kappa shape index (κ3) is 6.64. The van der Waals surface area contributed by atoms with Gasteiger partial charge in [-0.05, 0) is 95.9 Å². The van der Waals surface area contributed by atoms with Crippen LogP contribution >= 0.6 is 0 Å². The lowest BCUT2D eigenvalue weighted by atomic mass is 9.77. The summed E-state index contributed by atoms with van der Waals surface area (Å²) in [5.74, 6) is -1.90. The van der Waals surface area contributed by atoms with Crippen molar-refractivity contribution >= 4 is 27.7 Å². The van der Waals surface area contributed by atoms with E-state index in [4.69, 9.17) is 0 Å². The Hall–Kier alpha value is -2.98. The van der Waals surface area contributed by atoms with Gasteiger partial charge in [0.2, 0.25) is 0 Å². The number of nitrogens with one attached hydrogen (secondary N) is 1. The van der Waals surface area contributed by atoms with E-state index in [1.165, 1.54) is 6.33 Å². The quantitative estimate of drug-likeness (QED) is 0.292. The highest BCUT2D eigenvalue weighted by Crippen LogP contribution is 2.46.